The Bertz CT molecular complexity index is 571. The van der Waals surface area contributed by atoms with Gasteiger partial charge in [-0.3, -0.25) is 4.79 Å². The van der Waals surface area contributed by atoms with Gasteiger partial charge in [-0.25, -0.2) is 0 Å². The van der Waals surface area contributed by atoms with Gasteiger partial charge < -0.3 is 16.0 Å². The van der Waals surface area contributed by atoms with E-state index in [9.17, 15) is 4.79 Å². The van der Waals surface area contributed by atoms with Crippen LogP contribution in [0.4, 0.5) is 0 Å². The second-order valence-electron chi connectivity index (χ2n) is 4.35. The van der Waals surface area contributed by atoms with E-state index < -0.39 is 0 Å². The number of nitrogens with two attached hydrogens (primary N) is 2. The summed E-state index contributed by atoms with van der Waals surface area (Å²) in [5, 5.41) is 1.10. The lowest BCUT2D eigenvalue weighted by Crippen LogP contribution is -2.21. The monoisotopic (exact) mass is 231 g/mol. The highest BCUT2D eigenvalue weighted by Gasteiger charge is 2.18. The van der Waals surface area contributed by atoms with Gasteiger partial charge in [0.15, 0.2) is 0 Å². The number of aromatic nitrogens is 1. The van der Waals surface area contributed by atoms with E-state index in [2.05, 4.69) is 4.57 Å². The maximum atomic E-state index is 11.0. The molecule has 0 aliphatic carbocycles. The Morgan fingerprint density at radius 2 is 2.06 bits per heavy atom. The molecule has 0 bridgehead atoms. The Hall–Kier alpha value is -1.81. The number of carbonyl (C=O) groups is 1. The van der Waals surface area contributed by atoms with E-state index in [1.54, 1.807) is 0 Å². The minimum Gasteiger partial charge on any atom is -0.370 e. The van der Waals surface area contributed by atoms with Crippen LogP contribution < -0.4 is 11.5 Å². The molecule has 0 aliphatic heterocycles. The molecular formula is C13H17N3O. The molecule has 4 heteroatoms. The van der Waals surface area contributed by atoms with E-state index in [1.807, 2.05) is 38.2 Å². The first-order valence-corrected chi connectivity index (χ1v) is 5.60. The SMILES string of the molecule is Cc1c(C(N)CC(N)=O)c2ccccc2n1C. The fourth-order valence-electron chi connectivity index (χ4n) is 2.34. The summed E-state index contributed by atoms with van der Waals surface area (Å²) in [5.74, 6) is -0.371. The van der Waals surface area contributed by atoms with Gasteiger partial charge in [0, 0.05) is 36.1 Å². The Kier molecular flexibility index (Phi) is 2.90. The van der Waals surface area contributed by atoms with Crippen LogP contribution in [-0.4, -0.2) is 10.5 Å². The number of amides is 1. The molecule has 17 heavy (non-hydrogen) atoms. The fourth-order valence-corrected chi connectivity index (χ4v) is 2.34. The molecule has 0 saturated heterocycles. The van der Waals surface area contributed by atoms with Gasteiger partial charge in [0.25, 0.3) is 0 Å². The Morgan fingerprint density at radius 3 is 2.71 bits per heavy atom. The normalized spacial score (nSPS) is 12.9. The van der Waals surface area contributed by atoms with Crippen molar-refractivity contribution in [3.8, 4) is 0 Å². The molecule has 4 nitrogen and oxygen atoms in total. The molecule has 0 radical (unpaired) electrons. The minimum absolute atomic E-state index is 0.175. The van der Waals surface area contributed by atoms with Crippen LogP contribution in [0.25, 0.3) is 10.9 Å². The molecular weight excluding hydrogens is 214 g/mol. The smallest absolute Gasteiger partial charge is 0.219 e. The van der Waals surface area contributed by atoms with E-state index >= 15 is 0 Å². The first kappa shape index (κ1) is 11.7. The molecule has 1 amide bonds. The zero-order chi connectivity index (χ0) is 12.6. The number of hydrogen-bond donors (Lipinski definition) is 2. The van der Waals surface area contributed by atoms with E-state index in [1.165, 1.54) is 0 Å². The first-order valence-electron chi connectivity index (χ1n) is 5.60. The molecule has 1 heterocycles. The Balaban J connectivity index is 2.60. The summed E-state index contributed by atoms with van der Waals surface area (Å²) in [6.45, 7) is 2.01. The van der Waals surface area contributed by atoms with Crippen molar-refractivity contribution < 1.29 is 4.79 Å². The molecule has 0 fully saturated rings. The van der Waals surface area contributed by atoms with Crippen molar-refractivity contribution in [2.75, 3.05) is 0 Å². The van der Waals surface area contributed by atoms with Crippen molar-refractivity contribution in [1.82, 2.24) is 4.57 Å². The third kappa shape index (κ3) is 1.91. The quantitative estimate of drug-likeness (QED) is 0.837. The van der Waals surface area contributed by atoms with Crippen molar-refractivity contribution in [2.24, 2.45) is 18.5 Å². The minimum atomic E-state index is -0.371. The molecule has 0 aliphatic rings. The van der Waals surface area contributed by atoms with Gasteiger partial charge in [0.2, 0.25) is 5.91 Å². The summed E-state index contributed by atoms with van der Waals surface area (Å²) >= 11 is 0. The molecule has 1 unspecified atom stereocenters. The largest absolute Gasteiger partial charge is 0.370 e. The summed E-state index contributed by atoms with van der Waals surface area (Å²) in [5.41, 5.74) is 14.5. The van der Waals surface area contributed by atoms with Gasteiger partial charge in [-0.05, 0) is 18.6 Å². The van der Waals surface area contributed by atoms with E-state index in [0.717, 1.165) is 22.2 Å². The van der Waals surface area contributed by atoms with Crippen LogP contribution in [-0.2, 0) is 11.8 Å². The van der Waals surface area contributed by atoms with Crippen LogP contribution in [0.3, 0.4) is 0 Å². The molecule has 2 aromatic rings. The third-order valence-corrected chi connectivity index (χ3v) is 3.24. The van der Waals surface area contributed by atoms with Gasteiger partial charge in [-0.1, -0.05) is 18.2 Å². The molecule has 2 rings (SSSR count). The summed E-state index contributed by atoms with van der Waals surface area (Å²) in [6, 6.07) is 7.70. The topological polar surface area (TPSA) is 74.0 Å². The number of nitrogens with zero attached hydrogens (tertiary/aromatic N) is 1. The number of primary amides is 1. The van der Waals surface area contributed by atoms with Crippen LogP contribution in [0.2, 0.25) is 0 Å². The van der Waals surface area contributed by atoms with Crippen LogP contribution >= 0.6 is 0 Å². The zero-order valence-electron chi connectivity index (χ0n) is 10.1. The maximum Gasteiger partial charge on any atom is 0.219 e. The van der Waals surface area contributed by atoms with Crippen molar-refractivity contribution in [3.05, 3.63) is 35.5 Å². The van der Waals surface area contributed by atoms with Gasteiger partial charge in [0.1, 0.15) is 0 Å². The van der Waals surface area contributed by atoms with E-state index in [-0.39, 0.29) is 18.4 Å². The molecule has 1 aromatic heterocycles. The summed E-state index contributed by atoms with van der Waals surface area (Å²) in [6.07, 6.45) is 0.175. The van der Waals surface area contributed by atoms with E-state index in [0.29, 0.717) is 0 Å². The van der Waals surface area contributed by atoms with Crippen molar-refractivity contribution in [2.45, 2.75) is 19.4 Å². The van der Waals surface area contributed by atoms with Crippen LogP contribution in [0.1, 0.15) is 23.7 Å². The second kappa shape index (κ2) is 4.22. The lowest BCUT2D eigenvalue weighted by molar-refractivity contribution is -0.118. The first-order chi connectivity index (χ1) is 8.02. The number of fused-ring (bicyclic) bond motifs is 1. The summed E-state index contributed by atoms with van der Waals surface area (Å²) in [4.78, 5) is 11.0. The predicted octanol–water partition coefficient (Wildman–Crippen LogP) is 1.36. The molecule has 1 aromatic carbocycles. The number of carbonyl (C=O) groups excluding carboxylic acids is 1. The average molecular weight is 231 g/mol. The summed E-state index contributed by atoms with van der Waals surface area (Å²) < 4.78 is 2.09. The van der Waals surface area contributed by atoms with E-state index in [4.69, 9.17) is 11.5 Å². The van der Waals surface area contributed by atoms with Crippen LogP contribution in [0.15, 0.2) is 24.3 Å². The molecule has 4 N–H and O–H groups in total. The maximum absolute atomic E-state index is 11.0. The number of hydrogen-bond acceptors (Lipinski definition) is 2. The second-order valence-corrected chi connectivity index (χ2v) is 4.35. The fraction of sp³-hybridized carbons (Fsp3) is 0.308. The number of benzene rings is 1. The highest BCUT2D eigenvalue weighted by molar-refractivity contribution is 5.87. The van der Waals surface area contributed by atoms with Gasteiger partial charge in [0.05, 0.1) is 0 Å². The Labute approximate surface area is 100 Å². The van der Waals surface area contributed by atoms with Crippen molar-refractivity contribution >= 4 is 16.8 Å². The van der Waals surface area contributed by atoms with Crippen LogP contribution in [0.5, 0.6) is 0 Å². The zero-order valence-corrected chi connectivity index (χ0v) is 10.1. The molecule has 0 saturated carbocycles. The Morgan fingerprint density at radius 1 is 1.41 bits per heavy atom. The molecule has 90 valence electrons. The third-order valence-electron chi connectivity index (χ3n) is 3.24. The molecule has 0 spiro atoms. The van der Waals surface area contributed by atoms with Crippen LogP contribution in [0, 0.1) is 6.92 Å². The van der Waals surface area contributed by atoms with Gasteiger partial charge >= 0.3 is 0 Å². The van der Waals surface area contributed by atoms with Crippen molar-refractivity contribution in [3.63, 3.8) is 0 Å². The summed E-state index contributed by atoms with van der Waals surface area (Å²) in [7, 11) is 2.00. The van der Waals surface area contributed by atoms with Gasteiger partial charge in [-0.15, -0.1) is 0 Å². The van der Waals surface area contributed by atoms with Gasteiger partial charge in [-0.2, -0.15) is 0 Å². The molecule has 1 atom stereocenters. The standard InChI is InChI=1S/C13H17N3O/c1-8-13(10(14)7-12(15)17)9-5-3-4-6-11(9)16(8)2/h3-6,10H,7,14H2,1-2H3,(H2,15,17). The predicted molar refractivity (Wildman–Crippen MR) is 68.4 cm³/mol. The number of para-hydroxylation sites is 1. The highest BCUT2D eigenvalue weighted by atomic mass is 16.1. The number of aryl methyl sites for hydroxylation is 1. The average Bonchev–Trinajstić information content (AvgIpc) is 2.51. The number of rotatable bonds is 3. The highest BCUT2D eigenvalue weighted by Crippen LogP contribution is 2.30. The van der Waals surface area contributed by atoms with Crippen molar-refractivity contribution in [1.29, 1.82) is 0 Å². The lowest BCUT2D eigenvalue weighted by atomic mass is 10.0. The lowest BCUT2D eigenvalue weighted by Gasteiger charge is -2.10.